The molecule has 2 unspecified atom stereocenters. The van der Waals surface area contributed by atoms with Gasteiger partial charge in [-0.3, -0.25) is 4.90 Å². The van der Waals surface area contributed by atoms with Gasteiger partial charge in [0.15, 0.2) is 0 Å². The van der Waals surface area contributed by atoms with E-state index in [1.807, 2.05) is 19.9 Å². The number of nitrogens with two attached hydrogens (primary N) is 1. The van der Waals surface area contributed by atoms with Crippen LogP contribution in [0.25, 0.3) is 0 Å². The monoisotopic (exact) mass is 278 g/mol. The average Bonchev–Trinajstić information content (AvgIpc) is 2.94. The van der Waals surface area contributed by atoms with E-state index in [1.54, 1.807) is 0 Å². The predicted octanol–water partition coefficient (Wildman–Crippen LogP) is 2.33. The maximum atomic E-state index is 5.99. The van der Waals surface area contributed by atoms with Gasteiger partial charge in [0, 0.05) is 30.8 Å². The molecule has 0 bridgehead atoms. The van der Waals surface area contributed by atoms with Gasteiger partial charge in [0.25, 0.3) is 0 Å². The van der Waals surface area contributed by atoms with Crippen molar-refractivity contribution < 1.29 is 9.47 Å². The second-order valence-electron chi connectivity index (χ2n) is 5.52. The van der Waals surface area contributed by atoms with E-state index in [2.05, 4.69) is 24.1 Å². The number of hydrogen-bond acceptors (Lipinski definition) is 4. The summed E-state index contributed by atoms with van der Waals surface area (Å²) in [5.74, 6) is 0.961. The van der Waals surface area contributed by atoms with Gasteiger partial charge in [-0.2, -0.15) is 0 Å². The van der Waals surface area contributed by atoms with Crippen LogP contribution in [-0.2, 0) is 11.3 Å². The van der Waals surface area contributed by atoms with E-state index in [9.17, 15) is 0 Å². The summed E-state index contributed by atoms with van der Waals surface area (Å²) in [6.07, 6.45) is 1.10. The third kappa shape index (κ3) is 3.72. The summed E-state index contributed by atoms with van der Waals surface area (Å²) >= 11 is 0. The van der Waals surface area contributed by atoms with Gasteiger partial charge >= 0.3 is 0 Å². The van der Waals surface area contributed by atoms with E-state index in [-0.39, 0.29) is 6.04 Å². The molecule has 2 atom stereocenters. The summed E-state index contributed by atoms with van der Waals surface area (Å²) in [6.45, 7) is 7.26. The zero-order chi connectivity index (χ0) is 14.5. The molecule has 1 aromatic rings. The minimum atomic E-state index is 0.0459. The first-order valence-electron chi connectivity index (χ1n) is 7.41. The van der Waals surface area contributed by atoms with Crippen molar-refractivity contribution in [2.24, 2.45) is 5.73 Å². The molecule has 1 saturated heterocycles. The Hall–Kier alpha value is -1.10. The molecule has 4 nitrogen and oxygen atoms in total. The van der Waals surface area contributed by atoms with Crippen molar-refractivity contribution in [2.75, 3.05) is 26.9 Å². The summed E-state index contributed by atoms with van der Waals surface area (Å²) < 4.78 is 11.2. The number of nitrogens with zero attached hydrogens (tertiary/aromatic N) is 1. The number of benzene rings is 1. The molecule has 1 fully saturated rings. The fraction of sp³-hybridized carbons (Fsp3) is 0.625. The van der Waals surface area contributed by atoms with Crippen LogP contribution in [0, 0.1) is 0 Å². The lowest BCUT2D eigenvalue weighted by atomic mass is 10.0. The molecule has 2 N–H and O–H groups in total. The van der Waals surface area contributed by atoms with Crippen LogP contribution in [-0.4, -0.2) is 37.8 Å². The molecule has 1 aliphatic heterocycles. The Labute approximate surface area is 121 Å². The van der Waals surface area contributed by atoms with E-state index in [4.69, 9.17) is 15.2 Å². The van der Waals surface area contributed by atoms with Crippen molar-refractivity contribution in [3.05, 3.63) is 29.3 Å². The van der Waals surface area contributed by atoms with Crippen LogP contribution in [0.2, 0.25) is 0 Å². The molecule has 0 amide bonds. The number of hydrogen-bond donors (Lipinski definition) is 1. The zero-order valence-electron chi connectivity index (χ0n) is 12.8. The number of likely N-dealkylation sites (N-methyl/N-ethyl adjacent to an activating group) is 1. The van der Waals surface area contributed by atoms with E-state index >= 15 is 0 Å². The Morgan fingerprint density at radius 1 is 1.50 bits per heavy atom. The van der Waals surface area contributed by atoms with E-state index in [0.29, 0.717) is 12.6 Å². The largest absolute Gasteiger partial charge is 0.494 e. The van der Waals surface area contributed by atoms with Crippen molar-refractivity contribution in [1.82, 2.24) is 4.90 Å². The Bertz CT molecular complexity index is 428. The zero-order valence-corrected chi connectivity index (χ0v) is 12.8. The Morgan fingerprint density at radius 3 is 2.90 bits per heavy atom. The molecule has 1 aromatic carbocycles. The highest BCUT2D eigenvalue weighted by Gasteiger charge is 2.21. The fourth-order valence-corrected chi connectivity index (χ4v) is 2.57. The first kappa shape index (κ1) is 15.3. The van der Waals surface area contributed by atoms with Gasteiger partial charge in [-0.15, -0.1) is 0 Å². The topological polar surface area (TPSA) is 47.7 Å². The molecule has 0 aliphatic carbocycles. The molecule has 0 radical (unpaired) electrons. The first-order chi connectivity index (χ1) is 9.61. The smallest absolute Gasteiger partial charge is 0.123 e. The van der Waals surface area contributed by atoms with Gasteiger partial charge in [-0.05, 0) is 45.0 Å². The van der Waals surface area contributed by atoms with Crippen LogP contribution in [0.5, 0.6) is 5.75 Å². The molecule has 0 aromatic heterocycles. The third-order valence-corrected chi connectivity index (χ3v) is 3.86. The molecule has 1 heterocycles. The second kappa shape index (κ2) is 7.07. The molecule has 1 aliphatic rings. The van der Waals surface area contributed by atoms with Gasteiger partial charge in [0.1, 0.15) is 5.75 Å². The quantitative estimate of drug-likeness (QED) is 0.867. The van der Waals surface area contributed by atoms with Gasteiger partial charge in [-0.25, -0.2) is 0 Å². The Morgan fingerprint density at radius 2 is 2.30 bits per heavy atom. The highest BCUT2D eigenvalue weighted by atomic mass is 16.5. The van der Waals surface area contributed by atoms with Gasteiger partial charge in [0.05, 0.1) is 13.2 Å². The van der Waals surface area contributed by atoms with E-state index < -0.39 is 0 Å². The highest BCUT2D eigenvalue weighted by Crippen LogP contribution is 2.25. The highest BCUT2D eigenvalue weighted by molar-refractivity contribution is 5.38. The predicted molar refractivity (Wildman–Crippen MR) is 80.9 cm³/mol. The van der Waals surface area contributed by atoms with Crippen LogP contribution < -0.4 is 10.5 Å². The summed E-state index contributed by atoms with van der Waals surface area (Å²) in [5, 5.41) is 0. The lowest BCUT2D eigenvalue weighted by Crippen LogP contribution is -2.31. The van der Waals surface area contributed by atoms with Crippen LogP contribution in [0.1, 0.15) is 37.4 Å². The number of rotatable bonds is 6. The minimum absolute atomic E-state index is 0.0459. The molecule has 20 heavy (non-hydrogen) atoms. The average molecular weight is 278 g/mol. The standard InChI is InChI=1S/C16H26N2O2/c1-4-20-16-6-5-13(12(2)17)9-14(16)10-18(3)15-7-8-19-11-15/h5-6,9,12,15H,4,7-8,10-11,17H2,1-3H3. The molecular weight excluding hydrogens is 252 g/mol. The molecule has 0 saturated carbocycles. The molecular formula is C16H26N2O2. The molecule has 4 heteroatoms. The van der Waals surface area contributed by atoms with Crippen LogP contribution in [0.15, 0.2) is 18.2 Å². The maximum absolute atomic E-state index is 5.99. The first-order valence-corrected chi connectivity index (χ1v) is 7.41. The van der Waals surface area contributed by atoms with Crippen molar-refractivity contribution in [3.63, 3.8) is 0 Å². The van der Waals surface area contributed by atoms with Crippen molar-refractivity contribution in [1.29, 1.82) is 0 Å². The second-order valence-corrected chi connectivity index (χ2v) is 5.52. The summed E-state index contributed by atoms with van der Waals surface area (Å²) in [5.41, 5.74) is 8.34. The van der Waals surface area contributed by atoms with Crippen molar-refractivity contribution in [3.8, 4) is 5.75 Å². The summed E-state index contributed by atoms with van der Waals surface area (Å²) in [7, 11) is 2.15. The van der Waals surface area contributed by atoms with Crippen LogP contribution >= 0.6 is 0 Å². The van der Waals surface area contributed by atoms with Crippen LogP contribution in [0.4, 0.5) is 0 Å². The Kier molecular flexibility index (Phi) is 5.40. The summed E-state index contributed by atoms with van der Waals surface area (Å²) in [4.78, 5) is 2.34. The van der Waals surface area contributed by atoms with Gasteiger partial charge < -0.3 is 15.2 Å². The van der Waals surface area contributed by atoms with Crippen LogP contribution in [0.3, 0.4) is 0 Å². The molecule has 2 rings (SSSR count). The summed E-state index contributed by atoms with van der Waals surface area (Å²) in [6, 6.07) is 6.81. The van der Waals surface area contributed by atoms with Crippen molar-refractivity contribution >= 4 is 0 Å². The number of ether oxygens (including phenoxy) is 2. The van der Waals surface area contributed by atoms with Crippen molar-refractivity contribution in [2.45, 2.75) is 38.9 Å². The lowest BCUT2D eigenvalue weighted by molar-refractivity contribution is 0.155. The lowest BCUT2D eigenvalue weighted by Gasteiger charge is -2.24. The molecule has 0 spiro atoms. The minimum Gasteiger partial charge on any atom is -0.494 e. The van der Waals surface area contributed by atoms with Gasteiger partial charge in [0.2, 0.25) is 0 Å². The maximum Gasteiger partial charge on any atom is 0.123 e. The Balaban J connectivity index is 2.15. The third-order valence-electron chi connectivity index (χ3n) is 3.86. The van der Waals surface area contributed by atoms with E-state index in [1.165, 1.54) is 5.56 Å². The molecule has 112 valence electrons. The fourth-order valence-electron chi connectivity index (χ4n) is 2.57. The van der Waals surface area contributed by atoms with Gasteiger partial charge in [-0.1, -0.05) is 6.07 Å². The normalized spacial score (nSPS) is 20.4. The SMILES string of the molecule is CCOc1ccc(C(C)N)cc1CN(C)C1CCOC1. The van der Waals surface area contributed by atoms with E-state index in [0.717, 1.165) is 37.5 Å².